The first-order valence-corrected chi connectivity index (χ1v) is 6.28. The Labute approximate surface area is 117 Å². The minimum Gasteiger partial charge on any atom is -0.486 e. The number of methoxy groups -OCH3 is 2. The van der Waals surface area contributed by atoms with Crippen LogP contribution in [0, 0.1) is 0 Å². The standard InChI is InChI=1S/C15H15NO4/c1-17-13-9-19-15-11(13)4-3-5-12(15)20-10-6-7-16-14(8-10)18-2/h3-8,13H,9H2,1-2H3/t13-/m1/s1. The number of para-hydroxylation sites is 1. The maximum Gasteiger partial charge on any atom is 0.216 e. The zero-order valence-electron chi connectivity index (χ0n) is 11.3. The maximum absolute atomic E-state index is 5.86. The number of hydrogen-bond donors (Lipinski definition) is 0. The first-order chi connectivity index (χ1) is 9.81. The van der Waals surface area contributed by atoms with E-state index < -0.39 is 0 Å². The van der Waals surface area contributed by atoms with Crippen LogP contribution in [0.4, 0.5) is 0 Å². The summed E-state index contributed by atoms with van der Waals surface area (Å²) in [7, 11) is 3.24. The van der Waals surface area contributed by atoms with Gasteiger partial charge in [-0.15, -0.1) is 0 Å². The van der Waals surface area contributed by atoms with Gasteiger partial charge in [-0.2, -0.15) is 0 Å². The highest BCUT2D eigenvalue weighted by Gasteiger charge is 2.27. The Balaban J connectivity index is 1.90. The number of rotatable bonds is 4. The molecule has 1 aliphatic heterocycles. The Hall–Kier alpha value is -2.27. The van der Waals surface area contributed by atoms with Gasteiger partial charge in [0.1, 0.15) is 18.5 Å². The lowest BCUT2D eigenvalue weighted by molar-refractivity contribution is 0.0815. The summed E-state index contributed by atoms with van der Waals surface area (Å²) in [5, 5.41) is 0. The molecule has 5 heteroatoms. The van der Waals surface area contributed by atoms with E-state index in [1.54, 1.807) is 32.5 Å². The van der Waals surface area contributed by atoms with Crippen LogP contribution in [-0.2, 0) is 4.74 Å². The lowest BCUT2D eigenvalue weighted by atomic mass is 10.1. The molecule has 104 valence electrons. The average molecular weight is 273 g/mol. The highest BCUT2D eigenvalue weighted by molar-refractivity contribution is 5.51. The molecular weight excluding hydrogens is 258 g/mol. The largest absolute Gasteiger partial charge is 0.486 e. The van der Waals surface area contributed by atoms with E-state index in [1.165, 1.54) is 0 Å². The van der Waals surface area contributed by atoms with Crippen LogP contribution in [0.25, 0.3) is 0 Å². The first-order valence-electron chi connectivity index (χ1n) is 6.28. The summed E-state index contributed by atoms with van der Waals surface area (Å²) >= 11 is 0. The molecule has 0 unspecified atom stereocenters. The van der Waals surface area contributed by atoms with Crippen molar-refractivity contribution < 1.29 is 18.9 Å². The maximum atomic E-state index is 5.86. The van der Waals surface area contributed by atoms with E-state index in [9.17, 15) is 0 Å². The predicted octanol–water partition coefficient (Wildman–Crippen LogP) is 2.96. The summed E-state index contributed by atoms with van der Waals surface area (Å²) in [4.78, 5) is 4.04. The number of aromatic nitrogens is 1. The zero-order valence-corrected chi connectivity index (χ0v) is 11.3. The van der Waals surface area contributed by atoms with Crippen molar-refractivity contribution in [1.82, 2.24) is 4.98 Å². The molecule has 3 rings (SSSR count). The number of hydrogen-bond acceptors (Lipinski definition) is 5. The molecule has 0 bridgehead atoms. The Morgan fingerprint density at radius 2 is 2.15 bits per heavy atom. The Bertz CT molecular complexity index is 615. The second kappa shape index (κ2) is 5.38. The van der Waals surface area contributed by atoms with E-state index in [4.69, 9.17) is 18.9 Å². The third-order valence-corrected chi connectivity index (χ3v) is 3.16. The molecule has 1 aromatic heterocycles. The number of nitrogens with zero attached hydrogens (tertiary/aromatic N) is 1. The van der Waals surface area contributed by atoms with Gasteiger partial charge in [0.2, 0.25) is 5.88 Å². The second-order valence-electron chi connectivity index (χ2n) is 4.35. The van der Waals surface area contributed by atoms with Crippen LogP contribution < -0.4 is 14.2 Å². The zero-order chi connectivity index (χ0) is 13.9. The minimum absolute atomic E-state index is 0.0412. The monoisotopic (exact) mass is 273 g/mol. The molecule has 0 spiro atoms. The molecule has 0 aliphatic carbocycles. The van der Waals surface area contributed by atoms with E-state index in [0.717, 1.165) is 11.3 Å². The van der Waals surface area contributed by atoms with Crippen molar-refractivity contribution >= 4 is 0 Å². The van der Waals surface area contributed by atoms with Gasteiger partial charge >= 0.3 is 0 Å². The third kappa shape index (κ3) is 2.28. The van der Waals surface area contributed by atoms with Crippen molar-refractivity contribution in [2.75, 3.05) is 20.8 Å². The molecule has 1 atom stereocenters. The van der Waals surface area contributed by atoms with Crippen molar-refractivity contribution in [3.63, 3.8) is 0 Å². The van der Waals surface area contributed by atoms with E-state index in [0.29, 0.717) is 24.0 Å². The Morgan fingerprint density at radius 1 is 1.25 bits per heavy atom. The van der Waals surface area contributed by atoms with Crippen LogP contribution in [0.1, 0.15) is 11.7 Å². The van der Waals surface area contributed by atoms with Gasteiger partial charge in [0.25, 0.3) is 0 Å². The highest BCUT2D eigenvalue weighted by Crippen LogP contribution is 2.43. The topological polar surface area (TPSA) is 49.8 Å². The van der Waals surface area contributed by atoms with E-state index in [-0.39, 0.29) is 6.10 Å². The second-order valence-corrected chi connectivity index (χ2v) is 4.35. The van der Waals surface area contributed by atoms with Crippen LogP contribution in [0.5, 0.6) is 23.1 Å². The summed E-state index contributed by atoms with van der Waals surface area (Å²) in [6, 6.07) is 9.26. The smallest absolute Gasteiger partial charge is 0.216 e. The fraction of sp³-hybridized carbons (Fsp3) is 0.267. The van der Waals surface area contributed by atoms with Gasteiger partial charge < -0.3 is 18.9 Å². The number of fused-ring (bicyclic) bond motifs is 1. The number of ether oxygens (including phenoxy) is 4. The predicted molar refractivity (Wildman–Crippen MR) is 72.6 cm³/mol. The molecule has 2 aromatic rings. The van der Waals surface area contributed by atoms with E-state index in [2.05, 4.69) is 4.98 Å². The van der Waals surface area contributed by atoms with Crippen molar-refractivity contribution in [2.45, 2.75) is 6.10 Å². The third-order valence-electron chi connectivity index (χ3n) is 3.16. The lowest BCUT2D eigenvalue weighted by Gasteiger charge is -2.10. The van der Waals surface area contributed by atoms with Gasteiger partial charge in [-0.3, -0.25) is 0 Å². The van der Waals surface area contributed by atoms with E-state index >= 15 is 0 Å². The van der Waals surface area contributed by atoms with Crippen LogP contribution in [0.2, 0.25) is 0 Å². The number of benzene rings is 1. The molecule has 5 nitrogen and oxygen atoms in total. The van der Waals surface area contributed by atoms with Crippen molar-refractivity contribution in [3.05, 3.63) is 42.1 Å². The lowest BCUT2D eigenvalue weighted by Crippen LogP contribution is -2.01. The summed E-state index contributed by atoms with van der Waals surface area (Å²) in [5.41, 5.74) is 1.01. The van der Waals surface area contributed by atoms with Crippen LogP contribution in [0.15, 0.2) is 36.5 Å². The Kier molecular flexibility index (Phi) is 3.43. The summed E-state index contributed by atoms with van der Waals surface area (Å²) in [6.45, 7) is 0.506. The summed E-state index contributed by atoms with van der Waals surface area (Å²) < 4.78 is 22.0. The molecule has 0 N–H and O–H groups in total. The van der Waals surface area contributed by atoms with Crippen LogP contribution >= 0.6 is 0 Å². The normalized spacial score (nSPS) is 16.4. The fourth-order valence-electron chi connectivity index (χ4n) is 2.16. The van der Waals surface area contributed by atoms with Crippen molar-refractivity contribution in [1.29, 1.82) is 0 Å². The molecule has 2 heterocycles. The first kappa shape index (κ1) is 12.7. The van der Waals surface area contributed by atoms with Crippen LogP contribution in [-0.4, -0.2) is 25.8 Å². The molecule has 0 saturated carbocycles. The van der Waals surface area contributed by atoms with Crippen molar-refractivity contribution in [2.24, 2.45) is 0 Å². The molecule has 0 fully saturated rings. The number of pyridine rings is 1. The van der Waals surface area contributed by atoms with Gasteiger partial charge in [-0.05, 0) is 12.1 Å². The van der Waals surface area contributed by atoms with Gasteiger partial charge in [0.15, 0.2) is 11.5 Å². The molecule has 0 radical (unpaired) electrons. The van der Waals surface area contributed by atoms with Gasteiger partial charge in [-0.1, -0.05) is 12.1 Å². The quantitative estimate of drug-likeness (QED) is 0.857. The fourth-order valence-corrected chi connectivity index (χ4v) is 2.16. The molecule has 0 saturated heterocycles. The molecule has 20 heavy (non-hydrogen) atoms. The van der Waals surface area contributed by atoms with Crippen molar-refractivity contribution in [3.8, 4) is 23.1 Å². The van der Waals surface area contributed by atoms with Gasteiger partial charge in [0.05, 0.1) is 7.11 Å². The highest BCUT2D eigenvalue weighted by atomic mass is 16.6. The molecule has 1 aliphatic rings. The molecular formula is C15H15NO4. The average Bonchev–Trinajstić information content (AvgIpc) is 2.91. The van der Waals surface area contributed by atoms with E-state index in [1.807, 2.05) is 18.2 Å². The Morgan fingerprint density at radius 3 is 2.95 bits per heavy atom. The van der Waals surface area contributed by atoms with Gasteiger partial charge in [0, 0.05) is 24.9 Å². The summed E-state index contributed by atoms with van der Waals surface area (Å²) in [5.74, 6) is 2.55. The summed E-state index contributed by atoms with van der Waals surface area (Å²) in [6.07, 6.45) is 1.59. The molecule has 0 amide bonds. The van der Waals surface area contributed by atoms with Crippen LogP contribution in [0.3, 0.4) is 0 Å². The van der Waals surface area contributed by atoms with Gasteiger partial charge in [-0.25, -0.2) is 4.98 Å². The molecule has 1 aromatic carbocycles. The SMILES string of the molecule is COc1cc(Oc2cccc3c2OC[C@H]3OC)ccn1. The minimum atomic E-state index is -0.0412.